The fraction of sp³-hybridized carbons (Fsp3) is 0.385. The Balaban J connectivity index is 2.16. The lowest BCUT2D eigenvalue weighted by Gasteiger charge is -2.02. The molecule has 0 saturated carbocycles. The lowest BCUT2D eigenvalue weighted by molar-refractivity contribution is 0.0697. The zero-order valence-corrected chi connectivity index (χ0v) is 12.6. The van der Waals surface area contributed by atoms with Crippen molar-refractivity contribution in [2.45, 2.75) is 33.3 Å². The van der Waals surface area contributed by atoms with E-state index in [4.69, 9.17) is 4.74 Å². The molecule has 0 radical (unpaired) electrons. The number of nitrogens with zero attached hydrogens (tertiary/aromatic N) is 1. The van der Waals surface area contributed by atoms with Gasteiger partial charge in [0.15, 0.2) is 4.88 Å². The molecule has 2 aromatic rings. The zero-order chi connectivity index (χ0) is 14.0. The van der Waals surface area contributed by atoms with Crippen LogP contribution in [0.1, 0.15) is 45.0 Å². The van der Waals surface area contributed by atoms with E-state index >= 15 is 0 Å². The number of aryl methyl sites for hydroxylation is 1. The molecule has 0 saturated heterocycles. The molecule has 0 spiro atoms. The maximum atomic E-state index is 11.2. The van der Waals surface area contributed by atoms with Crippen LogP contribution in [0.15, 0.2) is 11.4 Å². The molecule has 102 valence electrons. The quantitative estimate of drug-likeness (QED) is 0.909. The minimum Gasteiger partial charge on any atom is -0.485 e. The Morgan fingerprint density at radius 1 is 1.53 bits per heavy atom. The third-order valence-corrected chi connectivity index (χ3v) is 4.75. The number of aromatic nitrogens is 1. The minimum absolute atomic E-state index is 0.260. The monoisotopic (exact) mass is 297 g/mol. The van der Waals surface area contributed by atoms with Crippen molar-refractivity contribution < 1.29 is 14.6 Å². The highest BCUT2D eigenvalue weighted by Gasteiger charge is 2.18. The van der Waals surface area contributed by atoms with Crippen molar-refractivity contribution in [3.05, 3.63) is 31.9 Å². The molecule has 0 amide bonds. The van der Waals surface area contributed by atoms with Crippen LogP contribution < -0.4 is 4.74 Å². The van der Waals surface area contributed by atoms with Crippen molar-refractivity contribution >= 4 is 28.6 Å². The predicted octanol–water partition coefficient (Wildman–Crippen LogP) is 3.91. The average Bonchev–Trinajstić information content (AvgIpc) is 2.92. The van der Waals surface area contributed by atoms with Crippen molar-refractivity contribution in [2.75, 3.05) is 0 Å². The van der Waals surface area contributed by atoms with Gasteiger partial charge in [0.1, 0.15) is 12.4 Å². The molecular formula is C13H15NO3S2. The van der Waals surface area contributed by atoms with E-state index < -0.39 is 5.97 Å². The van der Waals surface area contributed by atoms with E-state index in [2.05, 4.69) is 4.98 Å². The number of carboxylic acid groups (broad SMARTS) is 1. The Morgan fingerprint density at radius 2 is 2.26 bits per heavy atom. The van der Waals surface area contributed by atoms with E-state index in [9.17, 15) is 9.90 Å². The number of thiazole rings is 1. The topological polar surface area (TPSA) is 59.4 Å². The third-order valence-electron chi connectivity index (χ3n) is 2.52. The molecule has 2 aromatic heterocycles. The molecule has 0 bridgehead atoms. The van der Waals surface area contributed by atoms with Crippen LogP contribution in [0.2, 0.25) is 0 Å². The average molecular weight is 297 g/mol. The smallest absolute Gasteiger partial charge is 0.349 e. The van der Waals surface area contributed by atoms with Gasteiger partial charge < -0.3 is 9.84 Å². The summed E-state index contributed by atoms with van der Waals surface area (Å²) in [6.07, 6.45) is 0. The number of aromatic carboxylic acids is 1. The number of ether oxygens (including phenoxy) is 1. The van der Waals surface area contributed by atoms with Gasteiger partial charge in [-0.2, -0.15) is 0 Å². The first kappa shape index (κ1) is 14.0. The largest absolute Gasteiger partial charge is 0.485 e. The number of carboxylic acids is 1. The summed E-state index contributed by atoms with van der Waals surface area (Å²) in [4.78, 5) is 16.8. The maximum absolute atomic E-state index is 11.2. The molecule has 4 nitrogen and oxygen atoms in total. The second-order valence-corrected chi connectivity index (χ2v) is 6.59. The molecule has 2 rings (SSSR count). The van der Waals surface area contributed by atoms with Gasteiger partial charge in [-0.05, 0) is 18.9 Å². The standard InChI is InChI=1S/C13H15NO3S2/c1-7(2)11-4-10(12(19-11)13(15)16)17-5-9-6-18-8(3)14-9/h4,6-7H,5H2,1-3H3,(H,15,16). The maximum Gasteiger partial charge on any atom is 0.349 e. The number of hydrogen-bond donors (Lipinski definition) is 1. The van der Waals surface area contributed by atoms with Gasteiger partial charge in [-0.15, -0.1) is 22.7 Å². The fourth-order valence-electron chi connectivity index (χ4n) is 1.56. The highest BCUT2D eigenvalue weighted by atomic mass is 32.1. The van der Waals surface area contributed by atoms with Crippen molar-refractivity contribution in [3.63, 3.8) is 0 Å². The summed E-state index contributed by atoms with van der Waals surface area (Å²) in [5.41, 5.74) is 0.830. The van der Waals surface area contributed by atoms with Gasteiger partial charge in [0.2, 0.25) is 0 Å². The molecule has 6 heteroatoms. The second-order valence-electron chi connectivity index (χ2n) is 4.45. The van der Waals surface area contributed by atoms with Crippen LogP contribution in [0.25, 0.3) is 0 Å². The number of thiophene rings is 1. The van der Waals surface area contributed by atoms with Crippen LogP contribution in [0.3, 0.4) is 0 Å². The van der Waals surface area contributed by atoms with Gasteiger partial charge in [-0.1, -0.05) is 13.8 Å². The molecule has 0 aliphatic heterocycles. The third kappa shape index (κ3) is 3.33. The van der Waals surface area contributed by atoms with Crippen LogP contribution >= 0.6 is 22.7 Å². The summed E-state index contributed by atoms with van der Waals surface area (Å²) in [5, 5.41) is 12.1. The lowest BCUT2D eigenvalue weighted by atomic mass is 10.2. The Bertz CT molecular complexity index is 586. The first-order valence-electron chi connectivity index (χ1n) is 5.88. The molecule has 0 aliphatic carbocycles. The van der Waals surface area contributed by atoms with Gasteiger partial charge in [-0.3, -0.25) is 0 Å². The molecule has 2 heterocycles. The first-order valence-corrected chi connectivity index (χ1v) is 7.57. The summed E-state index contributed by atoms with van der Waals surface area (Å²) in [6, 6.07) is 1.82. The number of carbonyl (C=O) groups is 1. The highest BCUT2D eigenvalue weighted by molar-refractivity contribution is 7.14. The number of rotatable bonds is 5. The molecule has 1 N–H and O–H groups in total. The second kappa shape index (κ2) is 5.71. The van der Waals surface area contributed by atoms with Gasteiger partial charge in [-0.25, -0.2) is 9.78 Å². The Hall–Kier alpha value is -1.40. The molecule has 0 aromatic carbocycles. The van der Waals surface area contributed by atoms with E-state index in [-0.39, 0.29) is 4.88 Å². The first-order chi connectivity index (χ1) is 8.97. The van der Waals surface area contributed by atoms with Crippen LogP contribution in [0, 0.1) is 6.92 Å². The van der Waals surface area contributed by atoms with E-state index in [0.717, 1.165) is 15.6 Å². The SMILES string of the molecule is Cc1nc(COc2cc(C(C)C)sc2C(=O)O)cs1. The van der Waals surface area contributed by atoms with Crippen LogP contribution in [0.4, 0.5) is 0 Å². The summed E-state index contributed by atoms with van der Waals surface area (Å²) in [6.45, 7) is 6.30. The Kier molecular flexibility index (Phi) is 4.21. The van der Waals surface area contributed by atoms with Gasteiger partial charge >= 0.3 is 5.97 Å². The van der Waals surface area contributed by atoms with E-state index in [0.29, 0.717) is 18.3 Å². The van der Waals surface area contributed by atoms with Gasteiger partial charge in [0.05, 0.1) is 10.7 Å². The Labute approximate surface area is 119 Å². The van der Waals surface area contributed by atoms with E-state index in [1.165, 1.54) is 11.3 Å². The van der Waals surface area contributed by atoms with Crippen molar-refractivity contribution in [1.29, 1.82) is 0 Å². The summed E-state index contributed by atoms with van der Waals surface area (Å²) >= 11 is 2.83. The fourth-order valence-corrected chi connectivity index (χ4v) is 3.10. The molecule has 0 atom stereocenters. The van der Waals surface area contributed by atoms with Crippen molar-refractivity contribution in [3.8, 4) is 5.75 Å². The summed E-state index contributed by atoms with van der Waals surface area (Å²) < 4.78 is 5.60. The zero-order valence-electron chi connectivity index (χ0n) is 11.0. The van der Waals surface area contributed by atoms with Crippen LogP contribution in [0.5, 0.6) is 5.75 Å². The molecule has 19 heavy (non-hydrogen) atoms. The van der Waals surface area contributed by atoms with Gasteiger partial charge in [0, 0.05) is 10.3 Å². The Morgan fingerprint density at radius 3 is 2.79 bits per heavy atom. The lowest BCUT2D eigenvalue weighted by Crippen LogP contribution is -2.00. The number of hydrogen-bond acceptors (Lipinski definition) is 5. The molecule has 0 unspecified atom stereocenters. The minimum atomic E-state index is -0.943. The van der Waals surface area contributed by atoms with E-state index in [1.807, 2.05) is 32.2 Å². The predicted molar refractivity (Wildman–Crippen MR) is 76.6 cm³/mol. The molecule has 0 aliphatic rings. The van der Waals surface area contributed by atoms with Crippen LogP contribution in [-0.4, -0.2) is 16.1 Å². The van der Waals surface area contributed by atoms with Crippen LogP contribution in [-0.2, 0) is 6.61 Å². The van der Waals surface area contributed by atoms with Gasteiger partial charge in [0.25, 0.3) is 0 Å². The highest BCUT2D eigenvalue weighted by Crippen LogP contribution is 2.34. The van der Waals surface area contributed by atoms with E-state index in [1.54, 1.807) is 11.3 Å². The summed E-state index contributed by atoms with van der Waals surface area (Å²) in [7, 11) is 0. The van der Waals surface area contributed by atoms with Crippen molar-refractivity contribution in [1.82, 2.24) is 4.98 Å². The normalized spacial score (nSPS) is 10.9. The van der Waals surface area contributed by atoms with Crippen molar-refractivity contribution in [2.24, 2.45) is 0 Å². The summed E-state index contributed by atoms with van der Waals surface area (Å²) in [5.74, 6) is -0.213. The molecular weight excluding hydrogens is 282 g/mol. The molecule has 0 fully saturated rings.